The Bertz CT molecular complexity index is 1050. The Balaban J connectivity index is 1.16. The quantitative estimate of drug-likeness (QED) is 0.302. The fourth-order valence-corrected chi connectivity index (χ4v) is 3.17. The van der Waals surface area contributed by atoms with Crippen LogP contribution in [0.5, 0.6) is 0 Å². The van der Waals surface area contributed by atoms with Gasteiger partial charge < -0.3 is 13.8 Å². The smallest absolute Gasteiger partial charge is 0.306 e. The molecule has 148 valence electrons. The summed E-state index contributed by atoms with van der Waals surface area (Å²) < 4.78 is 15.6. The fraction of sp³-hybridized carbons (Fsp3) is 0.263. The summed E-state index contributed by atoms with van der Waals surface area (Å²) in [6.45, 7) is 0.272. The first kappa shape index (κ1) is 18.9. The van der Waals surface area contributed by atoms with E-state index in [1.165, 1.54) is 11.3 Å². The number of carbonyl (C=O) groups excluding carboxylic acids is 1. The molecule has 0 spiro atoms. The molecule has 0 atom stereocenters. The van der Waals surface area contributed by atoms with Gasteiger partial charge in [-0.05, 0) is 30.0 Å². The third kappa shape index (κ3) is 5.11. The molecule has 10 heteroatoms. The Labute approximate surface area is 169 Å². The van der Waals surface area contributed by atoms with Gasteiger partial charge >= 0.3 is 5.97 Å². The SMILES string of the molecule is O=C(CCc1nc(-c2cccs2)no1)OCCCc1nc(-c2cccnc2)no1. The van der Waals surface area contributed by atoms with Gasteiger partial charge in [-0.1, -0.05) is 16.4 Å². The number of thiophene rings is 1. The number of aryl methyl sites for hydroxylation is 2. The lowest BCUT2D eigenvalue weighted by atomic mass is 10.3. The average Bonchev–Trinajstić information content (AvgIpc) is 3.52. The minimum Gasteiger partial charge on any atom is -0.466 e. The zero-order valence-electron chi connectivity index (χ0n) is 15.4. The van der Waals surface area contributed by atoms with E-state index in [0.717, 1.165) is 10.4 Å². The number of aromatic nitrogens is 5. The normalized spacial score (nSPS) is 10.9. The number of nitrogens with zero attached hydrogens (tertiary/aromatic N) is 5. The van der Waals surface area contributed by atoms with E-state index < -0.39 is 0 Å². The molecule has 9 nitrogen and oxygen atoms in total. The van der Waals surface area contributed by atoms with Crippen LogP contribution in [0, 0.1) is 0 Å². The van der Waals surface area contributed by atoms with E-state index >= 15 is 0 Å². The van der Waals surface area contributed by atoms with Crippen molar-refractivity contribution < 1.29 is 18.6 Å². The van der Waals surface area contributed by atoms with Crippen LogP contribution in [-0.2, 0) is 22.4 Å². The van der Waals surface area contributed by atoms with Crippen molar-refractivity contribution >= 4 is 17.3 Å². The molecule has 0 N–H and O–H groups in total. The van der Waals surface area contributed by atoms with E-state index in [1.807, 2.05) is 29.6 Å². The summed E-state index contributed by atoms with van der Waals surface area (Å²) >= 11 is 1.53. The molecule has 0 saturated heterocycles. The van der Waals surface area contributed by atoms with Gasteiger partial charge in [0.15, 0.2) is 0 Å². The third-order valence-corrected chi connectivity index (χ3v) is 4.80. The minimum atomic E-state index is -0.317. The van der Waals surface area contributed by atoms with Crippen molar-refractivity contribution in [3.63, 3.8) is 0 Å². The van der Waals surface area contributed by atoms with Crippen LogP contribution in [0.1, 0.15) is 24.6 Å². The third-order valence-electron chi connectivity index (χ3n) is 3.94. The van der Waals surface area contributed by atoms with Crippen molar-refractivity contribution in [1.29, 1.82) is 0 Å². The van der Waals surface area contributed by atoms with Crippen LogP contribution in [-0.4, -0.2) is 37.8 Å². The van der Waals surface area contributed by atoms with Crippen LogP contribution in [0.25, 0.3) is 22.1 Å². The van der Waals surface area contributed by atoms with Gasteiger partial charge in [0.05, 0.1) is 17.9 Å². The second-order valence-electron chi connectivity index (χ2n) is 6.07. The molecular formula is C19H17N5O4S. The van der Waals surface area contributed by atoms with Crippen molar-refractivity contribution in [1.82, 2.24) is 25.3 Å². The molecule has 0 aliphatic carbocycles. The molecule has 0 aliphatic rings. The minimum absolute atomic E-state index is 0.178. The summed E-state index contributed by atoms with van der Waals surface area (Å²) in [7, 11) is 0. The van der Waals surface area contributed by atoms with Gasteiger partial charge in [0, 0.05) is 30.8 Å². The zero-order chi connectivity index (χ0) is 19.9. The van der Waals surface area contributed by atoms with E-state index in [9.17, 15) is 4.79 Å². The van der Waals surface area contributed by atoms with Crippen LogP contribution in [0.3, 0.4) is 0 Å². The molecule has 4 heterocycles. The van der Waals surface area contributed by atoms with Crippen molar-refractivity contribution in [2.24, 2.45) is 0 Å². The molecule has 0 saturated carbocycles. The van der Waals surface area contributed by atoms with Gasteiger partial charge in [0.1, 0.15) is 0 Å². The Kier molecular flexibility index (Phi) is 6.01. The first-order valence-electron chi connectivity index (χ1n) is 9.03. The van der Waals surface area contributed by atoms with Crippen molar-refractivity contribution in [3.8, 4) is 22.1 Å². The molecule has 4 aromatic heterocycles. The number of esters is 1. The summed E-state index contributed by atoms with van der Waals surface area (Å²) in [6.07, 6.45) is 4.98. The molecule has 4 aromatic rings. The predicted molar refractivity (Wildman–Crippen MR) is 103 cm³/mol. The summed E-state index contributed by atoms with van der Waals surface area (Å²) in [5, 5.41) is 9.78. The Hall–Kier alpha value is -3.40. The van der Waals surface area contributed by atoms with E-state index in [2.05, 4.69) is 25.3 Å². The van der Waals surface area contributed by atoms with E-state index in [1.54, 1.807) is 12.4 Å². The Morgan fingerprint density at radius 3 is 2.66 bits per heavy atom. The van der Waals surface area contributed by atoms with Gasteiger partial charge in [-0.15, -0.1) is 11.3 Å². The molecule has 0 radical (unpaired) electrons. The molecule has 4 rings (SSSR count). The van der Waals surface area contributed by atoms with Gasteiger partial charge in [-0.2, -0.15) is 9.97 Å². The monoisotopic (exact) mass is 411 g/mol. The van der Waals surface area contributed by atoms with Gasteiger partial charge in [0.25, 0.3) is 0 Å². The van der Waals surface area contributed by atoms with Gasteiger partial charge in [-0.25, -0.2) is 0 Å². The molecule has 0 amide bonds. The lowest BCUT2D eigenvalue weighted by Crippen LogP contribution is -2.08. The predicted octanol–water partition coefficient (Wildman–Crippen LogP) is 3.35. The lowest BCUT2D eigenvalue weighted by Gasteiger charge is -2.02. The number of carbonyl (C=O) groups is 1. The highest BCUT2D eigenvalue weighted by Gasteiger charge is 2.12. The molecule has 0 fully saturated rings. The van der Waals surface area contributed by atoms with Crippen LogP contribution in [0.15, 0.2) is 51.1 Å². The topological polar surface area (TPSA) is 117 Å². The van der Waals surface area contributed by atoms with Gasteiger partial charge in [-0.3, -0.25) is 9.78 Å². The maximum absolute atomic E-state index is 11.9. The Morgan fingerprint density at radius 1 is 1.03 bits per heavy atom. The molecule has 0 aromatic carbocycles. The second kappa shape index (κ2) is 9.20. The number of hydrogen-bond donors (Lipinski definition) is 0. The lowest BCUT2D eigenvalue weighted by molar-refractivity contribution is -0.143. The summed E-state index contributed by atoms with van der Waals surface area (Å²) in [6, 6.07) is 7.50. The summed E-state index contributed by atoms with van der Waals surface area (Å²) in [4.78, 5) is 25.4. The van der Waals surface area contributed by atoms with Crippen molar-refractivity contribution in [2.75, 3.05) is 6.61 Å². The summed E-state index contributed by atoms with van der Waals surface area (Å²) in [5.74, 6) is 1.62. The van der Waals surface area contributed by atoms with Crippen LogP contribution >= 0.6 is 11.3 Å². The highest BCUT2D eigenvalue weighted by molar-refractivity contribution is 7.13. The van der Waals surface area contributed by atoms with Crippen molar-refractivity contribution in [2.45, 2.75) is 25.7 Å². The summed E-state index contributed by atoms with van der Waals surface area (Å²) in [5.41, 5.74) is 0.789. The highest BCUT2D eigenvalue weighted by Crippen LogP contribution is 2.21. The van der Waals surface area contributed by atoms with E-state index in [4.69, 9.17) is 13.8 Å². The van der Waals surface area contributed by atoms with Crippen LogP contribution in [0.2, 0.25) is 0 Å². The molecule has 0 bridgehead atoms. The molecule has 29 heavy (non-hydrogen) atoms. The van der Waals surface area contributed by atoms with E-state index in [-0.39, 0.29) is 19.0 Å². The molecule has 0 aliphatic heterocycles. The highest BCUT2D eigenvalue weighted by atomic mass is 32.1. The maximum atomic E-state index is 11.9. The molecule has 0 unspecified atom stereocenters. The van der Waals surface area contributed by atoms with Crippen LogP contribution in [0.4, 0.5) is 0 Å². The zero-order valence-corrected chi connectivity index (χ0v) is 16.2. The average molecular weight is 411 g/mol. The maximum Gasteiger partial charge on any atom is 0.306 e. The van der Waals surface area contributed by atoms with Crippen LogP contribution < -0.4 is 0 Å². The first-order valence-corrected chi connectivity index (χ1v) is 9.91. The number of pyridine rings is 1. The molecular weight excluding hydrogens is 394 g/mol. The first-order chi connectivity index (χ1) is 14.3. The van der Waals surface area contributed by atoms with Gasteiger partial charge in [0.2, 0.25) is 23.4 Å². The number of rotatable bonds is 9. The second-order valence-corrected chi connectivity index (χ2v) is 7.01. The van der Waals surface area contributed by atoms with Crippen molar-refractivity contribution in [3.05, 3.63) is 53.8 Å². The largest absolute Gasteiger partial charge is 0.466 e. The fourth-order valence-electron chi connectivity index (χ4n) is 2.52. The number of ether oxygens (including phenoxy) is 1. The Morgan fingerprint density at radius 2 is 1.86 bits per heavy atom. The van der Waals surface area contributed by atoms with E-state index in [0.29, 0.717) is 42.7 Å². The standard InChI is InChI=1S/C19H17N5O4S/c25-17(8-7-16-22-19(24-28-16)14-5-3-11-29-14)26-10-2-6-15-21-18(23-27-15)13-4-1-9-20-12-13/h1,3-5,9,11-12H,2,6-8,10H2. The number of hydrogen-bond acceptors (Lipinski definition) is 10.